The van der Waals surface area contributed by atoms with Crippen molar-refractivity contribution in [3.05, 3.63) is 23.3 Å². The zero-order valence-corrected chi connectivity index (χ0v) is 20.4. The Morgan fingerprint density at radius 3 is 2.55 bits per heavy atom. The lowest BCUT2D eigenvalue weighted by Crippen LogP contribution is -2.51. The number of nitrogens with two attached hydrogens (primary N) is 1. The molecule has 2 heterocycles. The normalized spacial score (nSPS) is 23.9. The standard InChI is InChI=1S/C25H38F2N2O4/c1-14(2)8-17-12-29-7-6-16-9-22(32-13-23(26)27)21(31-5)10-18(16)19(29)11-20(17)33-25(30)24(28)15(3)4/h9-10,14-15,17,19-20,23-24H,6-8,11-13,28H2,1-5H3/t17?,19?,20?,24-/m0/s1. The molecule has 0 bridgehead atoms. The first-order chi connectivity index (χ1) is 15.6. The summed E-state index contributed by atoms with van der Waals surface area (Å²) in [6.45, 7) is 9.22. The fourth-order valence-electron chi connectivity index (χ4n) is 4.99. The average Bonchev–Trinajstić information content (AvgIpc) is 2.76. The molecule has 0 spiro atoms. The molecule has 2 N–H and O–H groups in total. The van der Waals surface area contributed by atoms with Crippen LogP contribution in [0.5, 0.6) is 11.5 Å². The molecule has 4 atom stereocenters. The highest BCUT2D eigenvalue weighted by molar-refractivity contribution is 5.76. The largest absolute Gasteiger partial charge is 0.493 e. The lowest BCUT2D eigenvalue weighted by atomic mass is 9.79. The van der Waals surface area contributed by atoms with Crippen molar-refractivity contribution in [2.75, 3.05) is 26.8 Å². The van der Waals surface area contributed by atoms with Gasteiger partial charge in [-0.2, -0.15) is 0 Å². The number of nitrogens with zero attached hydrogens (tertiary/aromatic N) is 1. The summed E-state index contributed by atoms with van der Waals surface area (Å²) in [7, 11) is 1.51. The number of rotatable bonds is 9. The molecule has 0 aromatic heterocycles. The van der Waals surface area contributed by atoms with E-state index in [1.807, 2.05) is 26.0 Å². The smallest absolute Gasteiger partial charge is 0.323 e. The van der Waals surface area contributed by atoms with Crippen LogP contribution < -0.4 is 15.2 Å². The number of benzene rings is 1. The van der Waals surface area contributed by atoms with E-state index in [-0.39, 0.29) is 30.0 Å². The highest BCUT2D eigenvalue weighted by Gasteiger charge is 2.41. The fraction of sp³-hybridized carbons (Fsp3) is 0.720. The predicted octanol–water partition coefficient (Wildman–Crippen LogP) is 4.20. The number of halogens is 2. The van der Waals surface area contributed by atoms with Crippen LogP contribution in [0.15, 0.2) is 12.1 Å². The number of fused-ring (bicyclic) bond motifs is 3. The van der Waals surface area contributed by atoms with Gasteiger partial charge < -0.3 is 19.9 Å². The van der Waals surface area contributed by atoms with Crippen LogP contribution in [-0.4, -0.2) is 56.2 Å². The first kappa shape index (κ1) is 25.7. The molecule has 0 aliphatic carbocycles. The average molecular weight is 469 g/mol. The first-order valence-electron chi connectivity index (χ1n) is 11.9. The Labute approximate surface area is 195 Å². The van der Waals surface area contributed by atoms with E-state index in [1.54, 1.807) is 0 Å². The van der Waals surface area contributed by atoms with E-state index in [2.05, 4.69) is 18.7 Å². The number of piperidine rings is 1. The summed E-state index contributed by atoms with van der Waals surface area (Å²) in [6, 6.07) is 3.14. The molecule has 0 radical (unpaired) electrons. The van der Waals surface area contributed by atoms with Gasteiger partial charge >= 0.3 is 5.97 Å². The summed E-state index contributed by atoms with van der Waals surface area (Å²) in [5, 5.41) is 0. The number of alkyl halides is 2. The van der Waals surface area contributed by atoms with Crippen molar-refractivity contribution in [2.45, 2.75) is 71.6 Å². The summed E-state index contributed by atoms with van der Waals surface area (Å²) in [5.74, 6) is 1.16. The SMILES string of the molecule is COc1cc2c(cc1OCC(F)F)CCN1CC(CC(C)C)C(OC(=O)[C@@H](N)C(C)C)CC21. The number of methoxy groups -OCH3 is 1. The quantitative estimate of drug-likeness (QED) is 0.548. The van der Waals surface area contributed by atoms with Crippen molar-refractivity contribution in [1.82, 2.24) is 4.90 Å². The van der Waals surface area contributed by atoms with Crippen molar-refractivity contribution in [1.29, 1.82) is 0 Å². The Morgan fingerprint density at radius 1 is 1.21 bits per heavy atom. The van der Waals surface area contributed by atoms with Crippen LogP contribution in [0.1, 0.15) is 57.7 Å². The molecule has 1 aromatic rings. The third-order valence-electron chi connectivity index (χ3n) is 6.74. The van der Waals surface area contributed by atoms with Crippen LogP contribution in [-0.2, 0) is 16.0 Å². The van der Waals surface area contributed by atoms with Gasteiger partial charge in [-0.1, -0.05) is 27.7 Å². The van der Waals surface area contributed by atoms with Gasteiger partial charge in [0.25, 0.3) is 6.43 Å². The highest BCUT2D eigenvalue weighted by atomic mass is 19.3. The number of hydrogen-bond donors (Lipinski definition) is 1. The molecule has 186 valence electrons. The van der Waals surface area contributed by atoms with Gasteiger partial charge in [0.2, 0.25) is 0 Å². The molecule has 1 saturated heterocycles. The minimum atomic E-state index is -2.55. The third kappa shape index (κ3) is 6.15. The van der Waals surface area contributed by atoms with Crippen LogP contribution in [0.3, 0.4) is 0 Å². The van der Waals surface area contributed by atoms with Crippen molar-refractivity contribution < 1.29 is 27.8 Å². The molecule has 3 rings (SSSR count). The summed E-state index contributed by atoms with van der Waals surface area (Å²) in [5.41, 5.74) is 8.21. The maximum absolute atomic E-state index is 12.7. The number of hydrogen-bond acceptors (Lipinski definition) is 6. The fourth-order valence-corrected chi connectivity index (χ4v) is 4.99. The number of ether oxygens (including phenoxy) is 3. The van der Waals surface area contributed by atoms with Crippen molar-refractivity contribution in [2.24, 2.45) is 23.5 Å². The summed E-state index contributed by atoms with van der Waals surface area (Å²) >= 11 is 0. The van der Waals surface area contributed by atoms with Gasteiger partial charge in [0.05, 0.1) is 7.11 Å². The Morgan fingerprint density at radius 2 is 1.94 bits per heavy atom. The molecule has 0 amide bonds. The summed E-state index contributed by atoms with van der Waals surface area (Å²) in [6.07, 6.45) is -0.337. The molecule has 2 aliphatic rings. The molecular formula is C25H38F2N2O4. The maximum Gasteiger partial charge on any atom is 0.323 e. The third-order valence-corrected chi connectivity index (χ3v) is 6.74. The van der Waals surface area contributed by atoms with E-state index in [0.29, 0.717) is 23.8 Å². The molecule has 1 fully saturated rings. The van der Waals surface area contributed by atoms with E-state index in [1.165, 1.54) is 7.11 Å². The second-order valence-corrected chi connectivity index (χ2v) is 10.0. The van der Waals surface area contributed by atoms with Crippen LogP contribution >= 0.6 is 0 Å². The van der Waals surface area contributed by atoms with Gasteiger partial charge in [-0.05, 0) is 47.9 Å². The Kier molecular flexibility index (Phi) is 8.56. The molecule has 33 heavy (non-hydrogen) atoms. The zero-order chi connectivity index (χ0) is 24.3. The molecule has 8 heteroatoms. The predicted molar refractivity (Wildman–Crippen MR) is 123 cm³/mol. The zero-order valence-electron chi connectivity index (χ0n) is 20.4. The lowest BCUT2D eigenvalue weighted by molar-refractivity contribution is -0.160. The number of esters is 1. The van der Waals surface area contributed by atoms with Crippen LogP contribution in [0.2, 0.25) is 0 Å². The van der Waals surface area contributed by atoms with Gasteiger partial charge in [0.1, 0.15) is 18.8 Å². The molecule has 6 nitrogen and oxygen atoms in total. The summed E-state index contributed by atoms with van der Waals surface area (Å²) in [4.78, 5) is 15.1. The second-order valence-electron chi connectivity index (χ2n) is 10.0. The Bertz CT molecular complexity index is 818. The van der Waals surface area contributed by atoms with E-state index in [9.17, 15) is 13.6 Å². The molecule has 3 unspecified atom stereocenters. The van der Waals surface area contributed by atoms with Crippen LogP contribution in [0, 0.1) is 17.8 Å². The second kappa shape index (κ2) is 11.0. The van der Waals surface area contributed by atoms with Gasteiger partial charge in [0.15, 0.2) is 11.5 Å². The maximum atomic E-state index is 12.7. The minimum Gasteiger partial charge on any atom is -0.493 e. The Balaban J connectivity index is 1.87. The van der Waals surface area contributed by atoms with E-state index in [0.717, 1.165) is 37.1 Å². The molecule has 1 aromatic carbocycles. The van der Waals surface area contributed by atoms with Gasteiger partial charge in [-0.3, -0.25) is 9.69 Å². The lowest BCUT2D eigenvalue weighted by Gasteiger charge is -2.47. The van der Waals surface area contributed by atoms with Gasteiger partial charge in [-0.15, -0.1) is 0 Å². The van der Waals surface area contributed by atoms with Crippen LogP contribution in [0.4, 0.5) is 8.78 Å². The molecule has 2 aliphatic heterocycles. The topological polar surface area (TPSA) is 74.0 Å². The Hall–Kier alpha value is -1.93. The minimum absolute atomic E-state index is 0.00691. The highest BCUT2D eigenvalue weighted by Crippen LogP contribution is 2.44. The molecular weight excluding hydrogens is 430 g/mol. The van der Waals surface area contributed by atoms with Crippen molar-refractivity contribution >= 4 is 5.97 Å². The first-order valence-corrected chi connectivity index (χ1v) is 11.9. The van der Waals surface area contributed by atoms with E-state index < -0.39 is 19.1 Å². The number of carbonyl (C=O) groups excluding carboxylic acids is 1. The van der Waals surface area contributed by atoms with E-state index >= 15 is 0 Å². The van der Waals surface area contributed by atoms with Gasteiger partial charge in [-0.25, -0.2) is 8.78 Å². The van der Waals surface area contributed by atoms with Gasteiger partial charge in [0, 0.05) is 31.5 Å². The van der Waals surface area contributed by atoms with E-state index in [4.69, 9.17) is 19.9 Å². The van der Waals surface area contributed by atoms with Crippen LogP contribution in [0.25, 0.3) is 0 Å². The molecule has 0 saturated carbocycles. The van der Waals surface area contributed by atoms with Crippen molar-refractivity contribution in [3.8, 4) is 11.5 Å². The number of carbonyl (C=O) groups is 1. The monoisotopic (exact) mass is 468 g/mol. The summed E-state index contributed by atoms with van der Waals surface area (Å²) < 4.78 is 42.1. The van der Waals surface area contributed by atoms with Crippen molar-refractivity contribution in [3.63, 3.8) is 0 Å².